The zero-order valence-electron chi connectivity index (χ0n) is 27.7. The van der Waals surface area contributed by atoms with Crippen LogP contribution in [0, 0.1) is 0 Å². The summed E-state index contributed by atoms with van der Waals surface area (Å²) in [6.45, 7) is 6.20. The first-order valence-corrected chi connectivity index (χ1v) is 15.7. The van der Waals surface area contributed by atoms with E-state index in [-0.39, 0.29) is 25.3 Å². The molecule has 3 aromatic carbocycles. The molecule has 11 nitrogen and oxygen atoms in total. The van der Waals surface area contributed by atoms with Crippen molar-refractivity contribution >= 4 is 17.8 Å². The first-order valence-electron chi connectivity index (χ1n) is 15.7. The van der Waals surface area contributed by atoms with E-state index in [4.69, 9.17) is 33.8 Å². The minimum Gasteiger partial charge on any atom is -0.497 e. The third-order valence-corrected chi connectivity index (χ3v) is 7.47. The number of hydrazine groups is 1. The predicted molar refractivity (Wildman–Crippen MR) is 178 cm³/mol. The number of aliphatic hydroxyl groups excluding tert-OH is 1. The van der Waals surface area contributed by atoms with Gasteiger partial charge in [-0.3, -0.25) is 15.0 Å². The molecule has 0 radical (unpaired) electrons. The molecule has 11 heteroatoms. The van der Waals surface area contributed by atoms with Crippen LogP contribution in [0.25, 0.3) is 0 Å². The van der Waals surface area contributed by atoms with Gasteiger partial charge in [0, 0.05) is 31.6 Å². The summed E-state index contributed by atoms with van der Waals surface area (Å²) in [6.07, 6.45) is 0.192. The summed E-state index contributed by atoms with van der Waals surface area (Å²) in [5.74, 6) is 1.41. The third kappa shape index (κ3) is 9.46. The summed E-state index contributed by atoms with van der Waals surface area (Å²) in [4.78, 5) is 32.1. The van der Waals surface area contributed by atoms with E-state index in [1.54, 1.807) is 59.3 Å². The number of aliphatic imine (C=N–C) groups is 1. The van der Waals surface area contributed by atoms with Crippen LogP contribution in [0.1, 0.15) is 62.8 Å². The first kappa shape index (κ1) is 35.2. The fourth-order valence-electron chi connectivity index (χ4n) is 5.21. The fourth-order valence-corrected chi connectivity index (χ4v) is 5.21. The van der Waals surface area contributed by atoms with Crippen LogP contribution in [-0.4, -0.2) is 68.0 Å². The van der Waals surface area contributed by atoms with Crippen LogP contribution in [0.5, 0.6) is 17.2 Å². The van der Waals surface area contributed by atoms with Gasteiger partial charge in [-0.25, -0.2) is 10.4 Å². The molecule has 252 valence electrons. The van der Waals surface area contributed by atoms with Crippen LogP contribution >= 0.6 is 0 Å². The van der Waals surface area contributed by atoms with Gasteiger partial charge in [0.2, 0.25) is 5.90 Å². The van der Waals surface area contributed by atoms with Crippen molar-refractivity contribution in [3.63, 3.8) is 0 Å². The van der Waals surface area contributed by atoms with Gasteiger partial charge in [0.1, 0.15) is 22.8 Å². The second kappa shape index (κ2) is 16.3. The van der Waals surface area contributed by atoms with E-state index in [0.717, 1.165) is 11.1 Å². The van der Waals surface area contributed by atoms with Gasteiger partial charge in [0.15, 0.2) is 11.6 Å². The molecule has 1 heterocycles. The largest absolute Gasteiger partial charge is 0.497 e. The summed E-state index contributed by atoms with van der Waals surface area (Å²) in [6, 6.07) is 22.1. The lowest BCUT2D eigenvalue weighted by molar-refractivity contribution is -0.155. The Morgan fingerprint density at radius 1 is 0.979 bits per heavy atom. The highest BCUT2D eigenvalue weighted by Gasteiger charge is 2.53. The third-order valence-electron chi connectivity index (χ3n) is 7.47. The number of hydrogen-bond donors (Lipinski definition) is 3. The molecule has 0 unspecified atom stereocenters. The van der Waals surface area contributed by atoms with Crippen LogP contribution in [-0.2, 0) is 25.5 Å². The van der Waals surface area contributed by atoms with Crippen LogP contribution in [0.15, 0.2) is 77.8 Å². The zero-order chi connectivity index (χ0) is 33.9. The minimum atomic E-state index is -1.51. The molecular formula is C36H45N3O8. The molecule has 1 amide bonds. The number of carbonyl (C=O) groups is 2. The van der Waals surface area contributed by atoms with Gasteiger partial charge in [0.05, 0.1) is 20.8 Å². The number of rotatable bonds is 16. The van der Waals surface area contributed by atoms with Crippen molar-refractivity contribution in [2.24, 2.45) is 4.99 Å². The summed E-state index contributed by atoms with van der Waals surface area (Å²) in [5, 5.41) is 9.05. The zero-order valence-corrected chi connectivity index (χ0v) is 27.7. The molecule has 0 fully saturated rings. The molecule has 3 N–H and O–H groups in total. The number of hydrogen-bond acceptors (Lipinski definition) is 10. The van der Waals surface area contributed by atoms with Gasteiger partial charge in [0.25, 0.3) is 5.91 Å². The Bertz CT molecular complexity index is 1500. The van der Waals surface area contributed by atoms with E-state index in [1.807, 2.05) is 48.5 Å². The van der Waals surface area contributed by atoms with E-state index in [9.17, 15) is 9.59 Å². The summed E-state index contributed by atoms with van der Waals surface area (Å²) >= 11 is 0. The van der Waals surface area contributed by atoms with Crippen molar-refractivity contribution in [1.29, 1.82) is 0 Å². The number of amides is 1. The van der Waals surface area contributed by atoms with Crippen molar-refractivity contribution in [2.45, 2.75) is 63.7 Å². The number of methoxy groups -OCH3 is 2. The lowest BCUT2D eigenvalue weighted by Gasteiger charge is -2.31. The normalized spacial score (nSPS) is 17.3. The second-order valence-electron chi connectivity index (χ2n) is 12.1. The van der Waals surface area contributed by atoms with Crippen molar-refractivity contribution in [3.05, 3.63) is 89.5 Å². The van der Waals surface area contributed by atoms with Crippen LogP contribution < -0.4 is 25.1 Å². The van der Waals surface area contributed by atoms with E-state index in [1.165, 1.54) is 0 Å². The minimum absolute atomic E-state index is 0.0323. The lowest BCUT2D eigenvalue weighted by atomic mass is 9.83. The van der Waals surface area contributed by atoms with Gasteiger partial charge >= 0.3 is 5.97 Å². The highest BCUT2D eigenvalue weighted by atomic mass is 16.6. The molecule has 0 saturated carbocycles. The first-order chi connectivity index (χ1) is 22.6. The Balaban J connectivity index is 1.62. The molecule has 4 rings (SSSR count). The molecule has 0 saturated heterocycles. The van der Waals surface area contributed by atoms with Crippen molar-refractivity contribution in [1.82, 2.24) is 10.9 Å². The molecule has 0 aliphatic carbocycles. The summed E-state index contributed by atoms with van der Waals surface area (Å²) in [7, 11) is 3.20. The highest BCUT2D eigenvalue weighted by molar-refractivity contribution is 6.01. The number of ether oxygens (including phenoxy) is 5. The Morgan fingerprint density at radius 3 is 2.36 bits per heavy atom. The summed E-state index contributed by atoms with van der Waals surface area (Å²) < 4.78 is 28.6. The van der Waals surface area contributed by atoms with Crippen LogP contribution in [0.4, 0.5) is 0 Å². The highest BCUT2D eigenvalue weighted by Crippen LogP contribution is 2.43. The van der Waals surface area contributed by atoms with Crippen molar-refractivity contribution in [2.75, 3.05) is 34.0 Å². The van der Waals surface area contributed by atoms with E-state index < -0.39 is 29.1 Å². The van der Waals surface area contributed by atoms with Gasteiger partial charge in [-0.05, 0) is 87.2 Å². The predicted octanol–water partition coefficient (Wildman–Crippen LogP) is 4.71. The molecular weight excluding hydrogens is 602 g/mol. The number of aliphatic hydroxyl groups is 1. The van der Waals surface area contributed by atoms with Crippen LogP contribution in [0.3, 0.4) is 0 Å². The number of esters is 1. The number of carbonyl (C=O) groups excluding carboxylic acids is 2. The smallest absolute Gasteiger partial charge is 0.306 e. The Labute approximate surface area is 276 Å². The lowest BCUT2D eigenvalue weighted by Crippen LogP contribution is -2.53. The second-order valence-corrected chi connectivity index (χ2v) is 12.1. The maximum absolute atomic E-state index is 14.3. The average Bonchev–Trinajstić information content (AvgIpc) is 3.46. The quantitative estimate of drug-likeness (QED) is 0.115. The number of nitrogens with one attached hydrogen (secondary N) is 2. The van der Waals surface area contributed by atoms with Gasteiger partial charge < -0.3 is 28.8 Å². The Morgan fingerprint density at radius 2 is 1.70 bits per heavy atom. The topological polar surface area (TPSA) is 137 Å². The standard InChI is InChI=1S/C36H45N3O8/c1-35(2,3)47-31(41)18-20-36(34(42)39-37-21-19-27-24-29(43-4)16-17-30(27)44-5)32(25-10-7-6-8-11-25)46-33(38-36)26-12-14-28(15-13-26)45-23-9-22-40/h6-8,10-17,24,32,37,40H,9,18-23H2,1-5H3,(H,39,42)/t32-,36-/m0/s1. The molecule has 2 atom stereocenters. The maximum atomic E-state index is 14.3. The monoisotopic (exact) mass is 647 g/mol. The molecule has 47 heavy (non-hydrogen) atoms. The van der Waals surface area contributed by atoms with Gasteiger partial charge in [-0.1, -0.05) is 30.3 Å². The summed E-state index contributed by atoms with van der Waals surface area (Å²) in [5.41, 5.74) is 5.97. The molecule has 1 aliphatic heterocycles. The molecule has 0 bridgehead atoms. The van der Waals surface area contributed by atoms with E-state index in [0.29, 0.717) is 48.8 Å². The molecule has 0 spiro atoms. The molecule has 1 aliphatic rings. The SMILES string of the molecule is COc1ccc(OC)c(CCNNC(=O)[C@@]2(CCC(=O)OC(C)(C)C)N=C(c3ccc(OCCCO)cc3)O[C@H]2c2ccccc2)c1. The maximum Gasteiger partial charge on any atom is 0.306 e. The Hall–Kier alpha value is -4.61. The van der Waals surface area contributed by atoms with E-state index in [2.05, 4.69) is 10.9 Å². The van der Waals surface area contributed by atoms with E-state index >= 15 is 0 Å². The molecule has 3 aromatic rings. The van der Waals surface area contributed by atoms with Crippen molar-refractivity contribution in [3.8, 4) is 17.2 Å². The number of nitrogens with zero attached hydrogens (tertiary/aromatic N) is 1. The van der Waals surface area contributed by atoms with Gasteiger partial charge in [-0.15, -0.1) is 0 Å². The Kier molecular flexibility index (Phi) is 12.2. The van der Waals surface area contributed by atoms with Gasteiger partial charge in [-0.2, -0.15) is 0 Å². The average molecular weight is 648 g/mol. The van der Waals surface area contributed by atoms with Crippen LogP contribution in [0.2, 0.25) is 0 Å². The number of benzene rings is 3. The fraction of sp³-hybridized carbons (Fsp3) is 0.417. The van der Waals surface area contributed by atoms with Crippen molar-refractivity contribution < 1.29 is 38.4 Å². The molecule has 0 aromatic heterocycles.